The molecule has 28 heavy (non-hydrogen) atoms. The lowest BCUT2D eigenvalue weighted by molar-refractivity contribution is -0.112. The molecule has 1 amide bonds. The van der Waals surface area contributed by atoms with Gasteiger partial charge in [-0.25, -0.2) is 8.42 Å². The van der Waals surface area contributed by atoms with Gasteiger partial charge in [0, 0.05) is 25.9 Å². The summed E-state index contributed by atoms with van der Waals surface area (Å²) < 4.78 is 34.0. The van der Waals surface area contributed by atoms with E-state index in [1.165, 1.54) is 20.4 Å². The van der Waals surface area contributed by atoms with Gasteiger partial charge >= 0.3 is 0 Å². The number of ether oxygens (including phenoxy) is 2. The number of carbonyl (C=O) groups excluding carboxylic acids is 1. The zero-order valence-electron chi connectivity index (χ0n) is 16.3. The Morgan fingerprint density at radius 2 is 2.18 bits per heavy atom. The van der Waals surface area contributed by atoms with E-state index >= 15 is 0 Å². The zero-order chi connectivity index (χ0) is 20.7. The molecule has 0 aliphatic carbocycles. The van der Waals surface area contributed by atoms with Gasteiger partial charge in [-0.15, -0.1) is 0 Å². The minimum Gasteiger partial charge on any atom is -0.495 e. The summed E-state index contributed by atoms with van der Waals surface area (Å²) in [6, 6.07) is 6.94. The summed E-state index contributed by atoms with van der Waals surface area (Å²) in [5.74, 6) is -0.00737. The number of rotatable bonds is 8. The number of nitriles is 1. The number of hydrogen-bond donors (Lipinski definition) is 1. The van der Waals surface area contributed by atoms with Crippen molar-refractivity contribution < 1.29 is 22.7 Å². The van der Waals surface area contributed by atoms with Gasteiger partial charge in [-0.3, -0.25) is 4.79 Å². The molecule has 1 aromatic carbocycles. The molecular weight excluding hydrogens is 382 g/mol. The Morgan fingerprint density at radius 1 is 1.43 bits per heavy atom. The molecule has 1 aromatic rings. The first-order chi connectivity index (χ1) is 13.3. The van der Waals surface area contributed by atoms with Gasteiger partial charge in [0.15, 0.2) is 9.84 Å². The molecule has 0 saturated carbocycles. The Balaban J connectivity index is 2.24. The van der Waals surface area contributed by atoms with Crippen LogP contribution in [0.15, 0.2) is 30.0 Å². The molecule has 1 fully saturated rings. The standard InChI is InChI=1S/C19H25N3O5S/c1-14-4-5-18(27-3)17(10-14)21-19(23)15(11-20)12-22(7-8-26-2)16-6-9-28(24,25)13-16/h4-5,10,12,16H,6-9,13H2,1-3H3,(H,21,23)/b15-12-. The van der Waals surface area contributed by atoms with Crippen molar-refractivity contribution in [1.82, 2.24) is 4.90 Å². The van der Waals surface area contributed by atoms with Crippen molar-refractivity contribution in [3.05, 3.63) is 35.5 Å². The first kappa shape index (κ1) is 21.7. The highest BCUT2D eigenvalue weighted by Crippen LogP contribution is 2.26. The van der Waals surface area contributed by atoms with Crippen LogP contribution in [0.2, 0.25) is 0 Å². The van der Waals surface area contributed by atoms with Crippen molar-refractivity contribution in [2.75, 3.05) is 44.2 Å². The molecule has 1 heterocycles. The number of hydrogen-bond acceptors (Lipinski definition) is 7. The molecule has 1 aliphatic rings. The number of amides is 1. The Hall–Kier alpha value is -2.57. The molecule has 1 unspecified atom stereocenters. The minimum absolute atomic E-state index is 0.000749. The minimum atomic E-state index is -3.10. The average molecular weight is 407 g/mol. The first-order valence-electron chi connectivity index (χ1n) is 8.82. The van der Waals surface area contributed by atoms with Crippen LogP contribution in [-0.2, 0) is 19.4 Å². The molecule has 8 nitrogen and oxygen atoms in total. The molecule has 152 valence electrons. The van der Waals surface area contributed by atoms with E-state index in [1.807, 2.05) is 19.1 Å². The van der Waals surface area contributed by atoms with E-state index in [1.54, 1.807) is 17.0 Å². The third-order valence-corrected chi connectivity index (χ3v) is 6.24. The number of sulfone groups is 1. The first-order valence-corrected chi connectivity index (χ1v) is 10.6. The van der Waals surface area contributed by atoms with Crippen molar-refractivity contribution in [1.29, 1.82) is 5.26 Å². The monoisotopic (exact) mass is 407 g/mol. The summed E-state index contributed by atoms with van der Waals surface area (Å²) in [5, 5.41) is 12.2. The maximum absolute atomic E-state index is 12.6. The smallest absolute Gasteiger partial charge is 0.267 e. The summed E-state index contributed by atoms with van der Waals surface area (Å²) >= 11 is 0. The molecule has 1 atom stereocenters. The normalized spacial score (nSPS) is 18.4. The molecule has 0 spiro atoms. The van der Waals surface area contributed by atoms with Crippen LogP contribution >= 0.6 is 0 Å². The maximum Gasteiger partial charge on any atom is 0.267 e. The molecule has 2 rings (SSSR count). The summed E-state index contributed by atoms with van der Waals surface area (Å²) in [7, 11) is -0.0710. The lowest BCUT2D eigenvalue weighted by Crippen LogP contribution is -2.35. The van der Waals surface area contributed by atoms with Gasteiger partial charge in [-0.05, 0) is 31.0 Å². The van der Waals surface area contributed by atoms with Crippen LogP contribution < -0.4 is 10.1 Å². The third kappa shape index (κ3) is 5.71. The second kappa shape index (κ2) is 9.57. The van der Waals surface area contributed by atoms with Crippen molar-refractivity contribution >= 4 is 21.4 Å². The molecule has 9 heteroatoms. The molecule has 0 radical (unpaired) electrons. The lowest BCUT2D eigenvalue weighted by atomic mass is 10.2. The highest BCUT2D eigenvalue weighted by molar-refractivity contribution is 7.91. The van der Waals surface area contributed by atoms with Gasteiger partial charge in [0.2, 0.25) is 0 Å². The van der Waals surface area contributed by atoms with Crippen LogP contribution in [0.1, 0.15) is 12.0 Å². The Bertz CT molecular complexity index is 889. The van der Waals surface area contributed by atoms with Crippen molar-refractivity contribution in [3.8, 4) is 11.8 Å². The van der Waals surface area contributed by atoms with E-state index in [4.69, 9.17) is 9.47 Å². The van der Waals surface area contributed by atoms with Gasteiger partial charge < -0.3 is 19.7 Å². The van der Waals surface area contributed by atoms with Crippen LogP contribution in [0.4, 0.5) is 5.69 Å². The number of methoxy groups -OCH3 is 2. The Morgan fingerprint density at radius 3 is 2.75 bits per heavy atom. The molecule has 1 saturated heterocycles. The lowest BCUT2D eigenvalue weighted by Gasteiger charge is -2.26. The summed E-state index contributed by atoms with van der Waals surface area (Å²) in [4.78, 5) is 14.3. The van der Waals surface area contributed by atoms with Crippen LogP contribution in [0.25, 0.3) is 0 Å². The van der Waals surface area contributed by atoms with Crippen molar-refractivity contribution in [2.45, 2.75) is 19.4 Å². The van der Waals surface area contributed by atoms with Gasteiger partial charge in [0.1, 0.15) is 17.4 Å². The van der Waals surface area contributed by atoms with Gasteiger partial charge in [-0.1, -0.05) is 6.07 Å². The molecular formula is C19H25N3O5S. The van der Waals surface area contributed by atoms with Gasteiger partial charge in [0.05, 0.1) is 30.9 Å². The largest absolute Gasteiger partial charge is 0.495 e. The maximum atomic E-state index is 12.6. The van der Waals surface area contributed by atoms with E-state index in [2.05, 4.69) is 5.32 Å². The fraction of sp³-hybridized carbons (Fsp3) is 0.474. The summed E-state index contributed by atoms with van der Waals surface area (Å²) in [6.07, 6.45) is 1.87. The van der Waals surface area contributed by atoms with E-state index in [0.717, 1.165) is 5.56 Å². The number of benzene rings is 1. The van der Waals surface area contributed by atoms with Gasteiger partial charge in [-0.2, -0.15) is 5.26 Å². The third-order valence-electron chi connectivity index (χ3n) is 4.49. The molecule has 0 bridgehead atoms. The summed E-state index contributed by atoms with van der Waals surface area (Å²) in [5.41, 5.74) is 1.26. The average Bonchev–Trinajstić information content (AvgIpc) is 3.01. The summed E-state index contributed by atoms with van der Waals surface area (Å²) in [6.45, 7) is 2.60. The fourth-order valence-electron chi connectivity index (χ4n) is 3.00. The van der Waals surface area contributed by atoms with Crippen molar-refractivity contribution in [2.24, 2.45) is 0 Å². The SMILES string of the molecule is COCCN(/C=C(/C#N)C(=O)Nc1cc(C)ccc1OC)C1CCS(=O)(=O)C1. The number of aryl methyl sites for hydroxylation is 1. The highest BCUT2D eigenvalue weighted by Gasteiger charge is 2.31. The molecule has 0 aromatic heterocycles. The predicted molar refractivity (Wildman–Crippen MR) is 106 cm³/mol. The quantitative estimate of drug-likeness (QED) is 0.514. The van der Waals surface area contributed by atoms with Crippen LogP contribution in [-0.4, -0.2) is 64.1 Å². The number of anilines is 1. The van der Waals surface area contributed by atoms with E-state index < -0.39 is 15.7 Å². The predicted octanol–water partition coefficient (Wildman–Crippen LogP) is 1.49. The van der Waals surface area contributed by atoms with E-state index in [-0.39, 0.29) is 23.1 Å². The molecule has 1 N–H and O–H groups in total. The zero-order valence-corrected chi connectivity index (χ0v) is 17.1. The van der Waals surface area contributed by atoms with Crippen LogP contribution in [0.5, 0.6) is 5.75 Å². The Labute approximate surface area is 165 Å². The molecule has 1 aliphatic heterocycles. The van der Waals surface area contributed by atoms with Crippen LogP contribution in [0, 0.1) is 18.3 Å². The van der Waals surface area contributed by atoms with Crippen molar-refractivity contribution in [3.63, 3.8) is 0 Å². The number of nitrogens with zero attached hydrogens (tertiary/aromatic N) is 2. The number of carbonyl (C=O) groups is 1. The number of nitrogens with one attached hydrogen (secondary N) is 1. The highest BCUT2D eigenvalue weighted by atomic mass is 32.2. The second-order valence-corrected chi connectivity index (χ2v) is 8.83. The fourth-order valence-corrected chi connectivity index (χ4v) is 4.74. The Kier molecular flexibility index (Phi) is 7.43. The topological polar surface area (TPSA) is 109 Å². The second-order valence-electron chi connectivity index (χ2n) is 6.60. The van der Waals surface area contributed by atoms with E-state index in [9.17, 15) is 18.5 Å². The van der Waals surface area contributed by atoms with Crippen LogP contribution in [0.3, 0.4) is 0 Å². The van der Waals surface area contributed by atoms with Gasteiger partial charge in [0.25, 0.3) is 5.91 Å². The van der Waals surface area contributed by atoms with E-state index in [0.29, 0.717) is 31.0 Å².